The summed E-state index contributed by atoms with van der Waals surface area (Å²) in [7, 11) is 3.22. The van der Waals surface area contributed by atoms with Gasteiger partial charge >= 0.3 is 0 Å². The van der Waals surface area contributed by atoms with Crippen LogP contribution in [-0.2, 0) is 24.3 Å². The maximum atomic E-state index is 14.5. The third-order valence-corrected chi connectivity index (χ3v) is 8.25. The Balaban J connectivity index is 1.48. The third-order valence-electron chi connectivity index (χ3n) is 7.20. The van der Waals surface area contributed by atoms with E-state index in [1.54, 1.807) is 25.2 Å². The summed E-state index contributed by atoms with van der Waals surface area (Å²) in [6.45, 7) is 1.05. The number of rotatable bonds is 10. The minimum Gasteiger partial charge on any atom is -0.497 e. The summed E-state index contributed by atoms with van der Waals surface area (Å²) in [5.74, 6) is 0.831. The summed E-state index contributed by atoms with van der Waals surface area (Å²) < 4.78 is 31.7. The Hall–Kier alpha value is -3.59. The summed E-state index contributed by atoms with van der Waals surface area (Å²) >= 11 is 10.2. The minimum atomic E-state index is -0.671. The van der Waals surface area contributed by atoms with Gasteiger partial charge in [-0.2, -0.15) is 0 Å². The van der Waals surface area contributed by atoms with Crippen molar-refractivity contribution in [1.82, 2.24) is 4.90 Å². The molecule has 2 N–H and O–H groups in total. The molecule has 0 fully saturated rings. The smallest absolute Gasteiger partial charge is 0.255 e. The van der Waals surface area contributed by atoms with E-state index >= 15 is 0 Å². The molecular weight excluding hydrogens is 611 g/mol. The molecule has 1 aliphatic rings. The predicted octanol–water partition coefficient (Wildman–Crippen LogP) is 7.35. The molecule has 0 bridgehead atoms. The Bertz CT molecular complexity index is 1560. The summed E-state index contributed by atoms with van der Waals surface area (Å²) in [4.78, 5) is 15.9. The summed E-state index contributed by atoms with van der Waals surface area (Å²) in [6, 6.07) is 20.4. The zero-order valence-electron chi connectivity index (χ0n) is 22.6. The predicted molar refractivity (Wildman–Crippen MR) is 161 cm³/mol. The molecule has 0 aromatic heterocycles. The van der Waals surface area contributed by atoms with E-state index in [9.17, 15) is 9.18 Å². The van der Waals surface area contributed by atoms with Gasteiger partial charge in [-0.3, -0.25) is 4.79 Å². The lowest BCUT2D eigenvalue weighted by atomic mass is 9.92. The monoisotopic (exact) mass is 638 g/mol. The van der Waals surface area contributed by atoms with Crippen LogP contribution in [0, 0.1) is 5.82 Å². The SMILES string of the molecule is COc1ccc(COCCc2c(Br)cc(N)c3c2C(=O)N(Cc2ccc(OC)cc2)C3c2cc(F)ccc2Cl)cc1. The van der Waals surface area contributed by atoms with Crippen LogP contribution in [0.3, 0.4) is 0 Å². The lowest BCUT2D eigenvalue weighted by molar-refractivity contribution is 0.0734. The molecule has 1 heterocycles. The molecule has 1 amide bonds. The van der Waals surface area contributed by atoms with Crippen molar-refractivity contribution in [2.75, 3.05) is 26.6 Å². The molecule has 1 aliphatic heterocycles. The summed E-state index contributed by atoms with van der Waals surface area (Å²) in [5, 5.41) is 0.350. The molecule has 5 rings (SSSR count). The number of nitrogens with two attached hydrogens (primary N) is 1. The molecule has 0 spiro atoms. The number of methoxy groups -OCH3 is 2. The average Bonchev–Trinajstić information content (AvgIpc) is 3.26. The first-order valence-corrected chi connectivity index (χ1v) is 14.2. The van der Waals surface area contributed by atoms with Crippen LogP contribution >= 0.6 is 27.5 Å². The van der Waals surface area contributed by atoms with Crippen LogP contribution in [0.2, 0.25) is 5.02 Å². The van der Waals surface area contributed by atoms with Gasteiger partial charge in [-0.1, -0.05) is 51.8 Å². The molecule has 1 atom stereocenters. The second kappa shape index (κ2) is 12.5. The van der Waals surface area contributed by atoms with Crippen molar-refractivity contribution in [1.29, 1.82) is 0 Å². The first-order valence-electron chi connectivity index (χ1n) is 13.0. The van der Waals surface area contributed by atoms with Crippen molar-refractivity contribution < 1.29 is 23.4 Å². The van der Waals surface area contributed by atoms with Gasteiger partial charge in [0.1, 0.15) is 17.3 Å². The Morgan fingerprint density at radius 2 is 1.59 bits per heavy atom. The van der Waals surface area contributed by atoms with Crippen molar-refractivity contribution in [2.45, 2.75) is 25.6 Å². The Morgan fingerprint density at radius 3 is 2.22 bits per heavy atom. The molecule has 0 aliphatic carbocycles. The van der Waals surface area contributed by atoms with Gasteiger partial charge in [0.15, 0.2) is 0 Å². The Labute approximate surface area is 251 Å². The molecule has 4 aromatic carbocycles. The van der Waals surface area contributed by atoms with E-state index in [1.165, 1.54) is 18.2 Å². The highest BCUT2D eigenvalue weighted by molar-refractivity contribution is 9.10. The van der Waals surface area contributed by atoms with Gasteiger partial charge in [0.2, 0.25) is 0 Å². The lowest BCUT2D eigenvalue weighted by Crippen LogP contribution is -2.29. The largest absolute Gasteiger partial charge is 0.497 e. The molecule has 9 heteroatoms. The average molecular weight is 640 g/mol. The standard InChI is InChI=1S/C32H29BrClFN2O4/c1-39-22-8-3-19(4-9-22)17-37-31(25-15-21(35)7-12-27(25)34)30-28(36)16-26(33)24(29(30)32(37)38)13-14-41-18-20-5-10-23(40-2)11-6-20/h3-12,15-16,31H,13-14,17-18,36H2,1-2H3. The molecule has 6 nitrogen and oxygen atoms in total. The van der Waals surface area contributed by atoms with Crippen molar-refractivity contribution in [3.8, 4) is 11.5 Å². The van der Waals surface area contributed by atoms with E-state index in [0.29, 0.717) is 57.3 Å². The minimum absolute atomic E-state index is 0.209. The molecule has 41 heavy (non-hydrogen) atoms. The Morgan fingerprint density at radius 1 is 0.951 bits per heavy atom. The number of halogens is 3. The zero-order valence-corrected chi connectivity index (χ0v) is 25.0. The van der Waals surface area contributed by atoms with Gasteiger partial charge in [-0.15, -0.1) is 0 Å². The number of carbonyl (C=O) groups is 1. The number of hydrogen-bond donors (Lipinski definition) is 1. The second-order valence-corrected chi connectivity index (χ2v) is 11.0. The number of carbonyl (C=O) groups excluding carboxylic acids is 1. The van der Waals surface area contributed by atoms with Gasteiger partial charge in [-0.25, -0.2) is 4.39 Å². The highest BCUT2D eigenvalue weighted by Crippen LogP contribution is 2.47. The van der Waals surface area contributed by atoms with E-state index in [1.807, 2.05) is 48.5 Å². The van der Waals surface area contributed by atoms with Crippen LogP contribution in [0.5, 0.6) is 11.5 Å². The van der Waals surface area contributed by atoms with Crippen LogP contribution in [0.1, 0.15) is 44.2 Å². The normalized spacial score (nSPS) is 14.3. The maximum absolute atomic E-state index is 14.5. The van der Waals surface area contributed by atoms with E-state index in [-0.39, 0.29) is 12.5 Å². The van der Waals surface area contributed by atoms with Gasteiger partial charge in [0.05, 0.1) is 39.0 Å². The zero-order chi connectivity index (χ0) is 29.1. The molecule has 0 saturated heterocycles. The third kappa shape index (κ3) is 6.05. The number of hydrogen-bond acceptors (Lipinski definition) is 5. The van der Waals surface area contributed by atoms with Gasteiger partial charge in [0, 0.05) is 32.9 Å². The highest BCUT2D eigenvalue weighted by atomic mass is 79.9. The number of nitrogen functional groups attached to an aromatic ring is 1. The van der Waals surface area contributed by atoms with E-state index in [0.717, 1.165) is 22.4 Å². The van der Waals surface area contributed by atoms with Gasteiger partial charge in [-0.05, 0) is 71.6 Å². The second-order valence-electron chi connectivity index (χ2n) is 9.72. The fourth-order valence-corrected chi connectivity index (χ4v) is 6.02. The number of fused-ring (bicyclic) bond motifs is 1. The number of anilines is 1. The van der Waals surface area contributed by atoms with Crippen LogP contribution in [0.15, 0.2) is 77.3 Å². The first-order chi connectivity index (χ1) is 19.8. The summed E-state index contributed by atoms with van der Waals surface area (Å²) in [6.07, 6.45) is 0.463. The fourth-order valence-electron chi connectivity index (χ4n) is 5.15. The van der Waals surface area contributed by atoms with Gasteiger partial charge in [0.25, 0.3) is 5.91 Å². The van der Waals surface area contributed by atoms with Crippen LogP contribution in [0.25, 0.3) is 0 Å². The lowest BCUT2D eigenvalue weighted by Gasteiger charge is -2.27. The molecule has 212 valence electrons. The molecule has 0 saturated carbocycles. The number of amides is 1. The molecule has 0 radical (unpaired) electrons. The topological polar surface area (TPSA) is 74.0 Å². The molecule has 1 unspecified atom stereocenters. The van der Waals surface area contributed by atoms with E-state index < -0.39 is 11.9 Å². The number of benzene rings is 4. The number of ether oxygens (including phenoxy) is 3. The Kier molecular flexibility index (Phi) is 8.82. The van der Waals surface area contributed by atoms with E-state index in [4.69, 9.17) is 31.5 Å². The van der Waals surface area contributed by atoms with Crippen molar-refractivity contribution in [2.24, 2.45) is 0 Å². The van der Waals surface area contributed by atoms with E-state index in [2.05, 4.69) is 15.9 Å². The fraction of sp³-hybridized carbons (Fsp3) is 0.219. The first kappa shape index (κ1) is 28.9. The summed E-state index contributed by atoms with van der Waals surface area (Å²) in [5.41, 5.74) is 11.2. The quantitative estimate of drug-likeness (QED) is 0.145. The molecule has 4 aromatic rings. The van der Waals surface area contributed by atoms with Crippen molar-refractivity contribution in [3.63, 3.8) is 0 Å². The number of nitrogens with zero attached hydrogens (tertiary/aromatic N) is 1. The highest BCUT2D eigenvalue weighted by Gasteiger charge is 2.42. The maximum Gasteiger partial charge on any atom is 0.255 e. The van der Waals surface area contributed by atoms with Crippen molar-refractivity contribution >= 4 is 39.1 Å². The van der Waals surface area contributed by atoms with Crippen LogP contribution in [-0.4, -0.2) is 31.6 Å². The molecular formula is C32H29BrClFN2O4. The van der Waals surface area contributed by atoms with Gasteiger partial charge < -0.3 is 24.8 Å². The van der Waals surface area contributed by atoms with Crippen LogP contribution in [0.4, 0.5) is 10.1 Å². The van der Waals surface area contributed by atoms with Crippen LogP contribution < -0.4 is 15.2 Å². The van der Waals surface area contributed by atoms with Crippen molar-refractivity contribution in [3.05, 3.63) is 121 Å².